The fourth-order valence-corrected chi connectivity index (χ4v) is 1.71. The fraction of sp³-hybridized carbons (Fsp3) is 0.0714. The summed E-state index contributed by atoms with van der Waals surface area (Å²) in [5, 5.41) is 0. The highest BCUT2D eigenvalue weighted by atomic mass is 19.1. The Morgan fingerprint density at radius 1 is 0.895 bits per heavy atom. The van der Waals surface area contributed by atoms with Gasteiger partial charge in [-0.25, -0.2) is 17.6 Å². The molecular formula is C14H8F4O. The van der Waals surface area contributed by atoms with Gasteiger partial charge in [0.05, 0.1) is 11.1 Å². The van der Waals surface area contributed by atoms with Crippen molar-refractivity contribution in [3.63, 3.8) is 0 Å². The van der Waals surface area contributed by atoms with Crippen molar-refractivity contribution < 1.29 is 22.4 Å². The van der Waals surface area contributed by atoms with Crippen LogP contribution in [-0.2, 0) is 0 Å². The number of aryl methyl sites for hydroxylation is 1. The second-order valence-electron chi connectivity index (χ2n) is 4.06. The van der Waals surface area contributed by atoms with Gasteiger partial charge in [-0.2, -0.15) is 0 Å². The van der Waals surface area contributed by atoms with Crippen LogP contribution in [0, 0.1) is 30.2 Å². The zero-order chi connectivity index (χ0) is 14.2. The Hall–Kier alpha value is -2.17. The van der Waals surface area contributed by atoms with E-state index in [2.05, 4.69) is 0 Å². The van der Waals surface area contributed by atoms with Gasteiger partial charge in [0, 0.05) is 12.1 Å². The average Bonchev–Trinajstić information content (AvgIpc) is 2.30. The molecule has 0 aromatic heterocycles. The predicted molar refractivity (Wildman–Crippen MR) is 60.9 cm³/mol. The van der Waals surface area contributed by atoms with Gasteiger partial charge in [-0.05, 0) is 19.1 Å². The molecule has 2 rings (SSSR count). The largest absolute Gasteiger partial charge is 0.288 e. The lowest BCUT2D eigenvalue weighted by Crippen LogP contribution is -2.10. The molecule has 0 aliphatic rings. The summed E-state index contributed by atoms with van der Waals surface area (Å²) in [4.78, 5) is 11.9. The Kier molecular flexibility index (Phi) is 3.38. The maximum Gasteiger partial charge on any atom is 0.201 e. The molecule has 0 saturated heterocycles. The van der Waals surface area contributed by atoms with Crippen LogP contribution < -0.4 is 0 Å². The molecule has 0 atom stereocenters. The minimum Gasteiger partial charge on any atom is -0.288 e. The Morgan fingerprint density at radius 2 is 1.47 bits per heavy atom. The monoisotopic (exact) mass is 268 g/mol. The third kappa shape index (κ3) is 2.50. The van der Waals surface area contributed by atoms with Crippen molar-refractivity contribution in [1.82, 2.24) is 0 Å². The number of hydrogen-bond donors (Lipinski definition) is 0. The topological polar surface area (TPSA) is 17.1 Å². The number of hydrogen-bond acceptors (Lipinski definition) is 1. The van der Waals surface area contributed by atoms with Gasteiger partial charge in [0.1, 0.15) is 23.3 Å². The van der Waals surface area contributed by atoms with Crippen LogP contribution in [0.3, 0.4) is 0 Å². The summed E-state index contributed by atoms with van der Waals surface area (Å²) in [6.45, 7) is 1.60. The van der Waals surface area contributed by atoms with E-state index in [0.29, 0.717) is 17.7 Å². The number of benzene rings is 2. The van der Waals surface area contributed by atoms with E-state index < -0.39 is 40.2 Å². The first kappa shape index (κ1) is 13.3. The van der Waals surface area contributed by atoms with Crippen LogP contribution >= 0.6 is 0 Å². The van der Waals surface area contributed by atoms with Gasteiger partial charge < -0.3 is 0 Å². The van der Waals surface area contributed by atoms with Crippen molar-refractivity contribution in [2.45, 2.75) is 6.92 Å². The van der Waals surface area contributed by atoms with Gasteiger partial charge in [0.15, 0.2) is 0 Å². The van der Waals surface area contributed by atoms with Crippen LogP contribution in [0.5, 0.6) is 0 Å². The molecule has 0 amide bonds. The van der Waals surface area contributed by atoms with Gasteiger partial charge >= 0.3 is 0 Å². The molecule has 0 radical (unpaired) electrons. The molecule has 0 bridgehead atoms. The Balaban J connectivity index is 2.59. The first-order chi connectivity index (χ1) is 8.90. The summed E-state index contributed by atoms with van der Waals surface area (Å²) in [5.41, 5.74) is -0.858. The molecular weight excluding hydrogens is 260 g/mol. The number of rotatable bonds is 2. The summed E-state index contributed by atoms with van der Waals surface area (Å²) in [5.74, 6) is -5.90. The number of carbonyl (C=O) groups excluding carboxylic acids is 1. The van der Waals surface area contributed by atoms with Crippen LogP contribution in [0.2, 0.25) is 0 Å². The molecule has 0 heterocycles. The lowest BCUT2D eigenvalue weighted by atomic mass is 10.00. The van der Waals surface area contributed by atoms with Gasteiger partial charge in [0.2, 0.25) is 5.78 Å². The van der Waals surface area contributed by atoms with E-state index >= 15 is 0 Å². The second-order valence-corrected chi connectivity index (χ2v) is 4.06. The van der Waals surface area contributed by atoms with Crippen LogP contribution in [-0.4, -0.2) is 5.78 Å². The molecule has 0 aliphatic heterocycles. The van der Waals surface area contributed by atoms with Gasteiger partial charge in [-0.3, -0.25) is 4.79 Å². The molecule has 2 aromatic carbocycles. The Morgan fingerprint density at radius 3 is 2.05 bits per heavy atom. The van der Waals surface area contributed by atoms with E-state index in [1.54, 1.807) is 6.92 Å². The maximum absolute atomic E-state index is 13.5. The molecule has 0 fully saturated rings. The average molecular weight is 268 g/mol. The minimum atomic E-state index is -1.36. The highest BCUT2D eigenvalue weighted by molar-refractivity contribution is 6.09. The zero-order valence-corrected chi connectivity index (χ0v) is 9.81. The van der Waals surface area contributed by atoms with Crippen LogP contribution in [0.25, 0.3) is 0 Å². The highest BCUT2D eigenvalue weighted by Crippen LogP contribution is 2.21. The van der Waals surface area contributed by atoms with Crippen molar-refractivity contribution in [1.29, 1.82) is 0 Å². The fourth-order valence-electron chi connectivity index (χ4n) is 1.71. The van der Waals surface area contributed by atoms with E-state index in [0.717, 1.165) is 6.07 Å². The molecule has 19 heavy (non-hydrogen) atoms. The molecule has 0 unspecified atom stereocenters. The third-order valence-electron chi connectivity index (χ3n) is 2.60. The van der Waals surface area contributed by atoms with Crippen molar-refractivity contribution in [3.05, 3.63) is 70.3 Å². The molecule has 98 valence electrons. The van der Waals surface area contributed by atoms with Crippen molar-refractivity contribution in [2.75, 3.05) is 0 Å². The smallest absolute Gasteiger partial charge is 0.201 e. The molecule has 2 aromatic rings. The summed E-state index contributed by atoms with van der Waals surface area (Å²) in [6, 6.07) is 4.39. The van der Waals surface area contributed by atoms with E-state index in [-0.39, 0.29) is 0 Å². The first-order valence-corrected chi connectivity index (χ1v) is 5.35. The predicted octanol–water partition coefficient (Wildman–Crippen LogP) is 3.78. The van der Waals surface area contributed by atoms with Gasteiger partial charge in [-0.1, -0.05) is 11.6 Å². The van der Waals surface area contributed by atoms with Crippen LogP contribution in [0.1, 0.15) is 21.5 Å². The highest BCUT2D eigenvalue weighted by Gasteiger charge is 2.22. The minimum absolute atomic E-state index is 0.379. The summed E-state index contributed by atoms with van der Waals surface area (Å²) in [7, 11) is 0. The molecule has 1 nitrogen and oxygen atoms in total. The van der Waals surface area contributed by atoms with Crippen molar-refractivity contribution in [3.8, 4) is 0 Å². The van der Waals surface area contributed by atoms with Crippen LogP contribution in [0.4, 0.5) is 17.6 Å². The van der Waals surface area contributed by atoms with Gasteiger partial charge in [0.25, 0.3) is 0 Å². The summed E-state index contributed by atoms with van der Waals surface area (Å²) >= 11 is 0. The maximum atomic E-state index is 13.5. The lowest BCUT2D eigenvalue weighted by molar-refractivity contribution is 0.102. The third-order valence-corrected chi connectivity index (χ3v) is 2.60. The molecule has 0 N–H and O–H groups in total. The van der Waals surface area contributed by atoms with E-state index in [1.165, 1.54) is 12.1 Å². The lowest BCUT2D eigenvalue weighted by Gasteiger charge is -2.06. The van der Waals surface area contributed by atoms with E-state index in [1.807, 2.05) is 0 Å². The molecule has 0 spiro atoms. The SMILES string of the molecule is Cc1ccc(F)c(C(=O)c2c(F)cc(F)cc2F)c1. The van der Waals surface area contributed by atoms with Gasteiger partial charge in [-0.15, -0.1) is 0 Å². The Bertz CT molecular complexity index is 641. The number of halogens is 4. The second kappa shape index (κ2) is 4.84. The molecule has 5 heteroatoms. The normalized spacial score (nSPS) is 10.6. The standard InChI is InChI=1S/C14H8F4O/c1-7-2-3-10(16)9(4-7)14(19)13-11(17)5-8(15)6-12(13)18/h2-6H,1H3. The van der Waals surface area contributed by atoms with Crippen LogP contribution in [0.15, 0.2) is 30.3 Å². The number of carbonyl (C=O) groups is 1. The summed E-state index contributed by atoms with van der Waals surface area (Å²) in [6.07, 6.45) is 0. The molecule has 0 aliphatic carbocycles. The van der Waals surface area contributed by atoms with E-state index in [4.69, 9.17) is 0 Å². The number of ketones is 1. The van der Waals surface area contributed by atoms with Crippen molar-refractivity contribution >= 4 is 5.78 Å². The summed E-state index contributed by atoms with van der Waals surface area (Å²) < 4.78 is 53.2. The Labute approximate surface area is 106 Å². The first-order valence-electron chi connectivity index (χ1n) is 5.35. The zero-order valence-electron chi connectivity index (χ0n) is 9.81. The van der Waals surface area contributed by atoms with E-state index in [9.17, 15) is 22.4 Å². The molecule has 0 saturated carbocycles. The van der Waals surface area contributed by atoms with Crippen molar-refractivity contribution in [2.24, 2.45) is 0 Å². The quantitative estimate of drug-likeness (QED) is 0.598.